The molecule has 1 aromatic heterocycles. The number of ether oxygens (including phenoxy) is 2. The molecule has 3 rings (SSSR count). The van der Waals surface area contributed by atoms with Gasteiger partial charge in [0.05, 0.1) is 0 Å². The minimum absolute atomic E-state index is 0.0138. The molecule has 2 aliphatic heterocycles. The molecule has 45 heavy (non-hydrogen) atoms. The second kappa shape index (κ2) is 19.2. The van der Waals surface area contributed by atoms with Crippen molar-refractivity contribution in [3.8, 4) is 0 Å². The van der Waals surface area contributed by atoms with Crippen molar-refractivity contribution < 1.29 is 33.9 Å². The van der Waals surface area contributed by atoms with Crippen LogP contribution in [0.1, 0.15) is 103 Å². The van der Waals surface area contributed by atoms with Crippen molar-refractivity contribution in [2.24, 2.45) is 5.16 Å². The first-order valence-corrected chi connectivity index (χ1v) is 17.6. The van der Waals surface area contributed by atoms with Gasteiger partial charge in [0.25, 0.3) is 11.8 Å². The molecular weight excluding hydrogens is 619 g/mol. The van der Waals surface area contributed by atoms with E-state index < -0.39 is 47.7 Å². The summed E-state index contributed by atoms with van der Waals surface area (Å²) in [7, 11) is 0. The maximum atomic E-state index is 13.0. The summed E-state index contributed by atoms with van der Waals surface area (Å²) in [4.78, 5) is 56.0. The summed E-state index contributed by atoms with van der Waals surface area (Å²) >= 11 is 2.39. The standard InChI is InChI=1S/C31H45N5O7S2/c1-3-5-6-7-8-9-10-11-12-13-14-15-16-17-23(37)42-20-43-30(40)26-21(4-2)18-44-29-25(28(39)36(26)29)34-27(38)24(35-41)22-19-45-31(32)33-22/h4,19,25,29,41H,2-3,5-18,20H2,1H3,(H2,32,33)(H,34,38)/t25?,29-/m1/s1. The second-order valence-corrected chi connectivity index (χ2v) is 13.0. The zero-order valence-electron chi connectivity index (χ0n) is 26.0. The van der Waals surface area contributed by atoms with Gasteiger partial charge in [0.1, 0.15) is 22.8 Å². The summed E-state index contributed by atoms with van der Waals surface area (Å²) in [6, 6.07) is -0.984. The number of esters is 2. The number of thioether (sulfide) groups is 1. The van der Waals surface area contributed by atoms with Gasteiger partial charge in [-0.25, -0.2) is 9.78 Å². The highest BCUT2D eigenvalue weighted by Gasteiger charge is 2.54. The molecule has 4 N–H and O–H groups in total. The van der Waals surface area contributed by atoms with E-state index in [9.17, 15) is 24.4 Å². The molecule has 0 bridgehead atoms. The maximum absolute atomic E-state index is 13.0. The van der Waals surface area contributed by atoms with Gasteiger partial charge in [0.2, 0.25) is 6.79 Å². The number of hydrogen-bond acceptors (Lipinski definition) is 12. The highest BCUT2D eigenvalue weighted by atomic mass is 32.2. The SMILES string of the molecule is C=CC1=C(C(=O)OCOC(=O)CCCCCCCCCCCCCCC)N2C(=O)C(NC(=O)C(=NO)c3csc(N)n3)[C@H]2SC1. The third kappa shape index (κ3) is 10.6. The molecule has 0 spiro atoms. The van der Waals surface area contributed by atoms with Crippen LogP contribution in [0.5, 0.6) is 0 Å². The largest absolute Gasteiger partial charge is 0.428 e. The summed E-state index contributed by atoms with van der Waals surface area (Å²) in [5.41, 5.74) is 5.74. The summed E-state index contributed by atoms with van der Waals surface area (Å²) in [5, 5.41) is 15.9. The first-order valence-electron chi connectivity index (χ1n) is 15.7. The first-order chi connectivity index (χ1) is 21.8. The van der Waals surface area contributed by atoms with Gasteiger partial charge < -0.3 is 25.7 Å². The average molecular weight is 664 g/mol. The molecule has 1 saturated heterocycles. The molecule has 1 fully saturated rings. The topological polar surface area (TPSA) is 174 Å². The summed E-state index contributed by atoms with van der Waals surface area (Å²) < 4.78 is 10.3. The van der Waals surface area contributed by atoms with Gasteiger partial charge in [0, 0.05) is 17.6 Å². The van der Waals surface area contributed by atoms with E-state index in [1.54, 1.807) is 0 Å². The van der Waals surface area contributed by atoms with Crippen LogP contribution >= 0.6 is 23.1 Å². The molecule has 1 aromatic rings. The molecule has 1 unspecified atom stereocenters. The smallest absolute Gasteiger partial charge is 0.358 e. The van der Waals surface area contributed by atoms with Gasteiger partial charge in [-0.15, -0.1) is 23.1 Å². The summed E-state index contributed by atoms with van der Waals surface area (Å²) in [6.07, 6.45) is 17.4. The lowest BCUT2D eigenvalue weighted by molar-refractivity contribution is -0.168. The van der Waals surface area contributed by atoms with E-state index in [1.165, 1.54) is 92.3 Å². The van der Waals surface area contributed by atoms with E-state index in [1.807, 2.05) is 0 Å². The molecule has 2 aliphatic rings. The Morgan fingerprint density at radius 3 is 2.27 bits per heavy atom. The number of allylic oxidation sites excluding steroid dienone is 1. The number of carbonyl (C=O) groups is 4. The Morgan fingerprint density at radius 2 is 1.71 bits per heavy atom. The predicted octanol–water partition coefficient (Wildman–Crippen LogP) is 5.27. The number of aromatic nitrogens is 1. The number of oxime groups is 1. The molecule has 0 aliphatic carbocycles. The Bertz CT molecular complexity index is 1250. The van der Waals surface area contributed by atoms with E-state index >= 15 is 0 Å². The number of nitrogens with two attached hydrogens (primary N) is 1. The number of β-lactam (4-membered cyclic amide) rings is 1. The number of carbonyl (C=O) groups excluding carboxylic acids is 4. The monoisotopic (exact) mass is 663 g/mol. The lowest BCUT2D eigenvalue weighted by Crippen LogP contribution is -2.71. The van der Waals surface area contributed by atoms with Crippen LogP contribution in [0.15, 0.2) is 34.5 Å². The third-order valence-electron chi connectivity index (χ3n) is 7.70. The van der Waals surface area contributed by atoms with Crippen molar-refractivity contribution in [1.82, 2.24) is 15.2 Å². The molecule has 12 nitrogen and oxygen atoms in total. The Labute approximate surface area is 272 Å². The maximum Gasteiger partial charge on any atom is 0.358 e. The minimum atomic E-state index is -0.984. The van der Waals surface area contributed by atoms with Crippen LogP contribution in [0, 0.1) is 0 Å². The van der Waals surface area contributed by atoms with E-state index in [0.717, 1.165) is 24.2 Å². The number of rotatable bonds is 21. The van der Waals surface area contributed by atoms with Crippen molar-refractivity contribution in [3.63, 3.8) is 0 Å². The number of unbranched alkanes of at least 4 members (excludes halogenated alkanes) is 12. The van der Waals surface area contributed by atoms with E-state index in [0.29, 0.717) is 17.7 Å². The number of nitrogens with one attached hydrogen (secondary N) is 1. The van der Waals surface area contributed by atoms with Crippen LogP contribution in [0.4, 0.5) is 5.13 Å². The van der Waals surface area contributed by atoms with Crippen LogP contribution in [0.3, 0.4) is 0 Å². The molecule has 2 atom stereocenters. The van der Waals surface area contributed by atoms with Crippen molar-refractivity contribution in [2.75, 3.05) is 18.3 Å². The second-order valence-electron chi connectivity index (χ2n) is 11.0. The molecule has 0 aromatic carbocycles. The predicted molar refractivity (Wildman–Crippen MR) is 174 cm³/mol. The normalized spacial score (nSPS) is 17.8. The number of fused-ring (bicyclic) bond motifs is 1. The van der Waals surface area contributed by atoms with Gasteiger partial charge in [0.15, 0.2) is 10.8 Å². The van der Waals surface area contributed by atoms with Gasteiger partial charge in [-0.3, -0.25) is 19.3 Å². The van der Waals surface area contributed by atoms with Crippen molar-refractivity contribution >= 4 is 57.7 Å². The van der Waals surface area contributed by atoms with Gasteiger partial charge in [-0.2, -0.15) is 0 Å². The van der Waals surface area contributed by atoms with Crippen molar-refractivity contribution in [1.29, 1.82) is 0 Å². The molecule has 2 amide bonds. The van der Waals surface area contributed by atoms with E-state index in [2.05, 4.69) is 29.0 Å². The molecule has 0 radical (unpaired) electrons. The fourth-order valence-corrected chi connectivity index (χ4v) is 7.07. The Morgan fingerprint density at radius 1 is 1.09 bits per heavy atom. The number of thiazole rings is 1. The van der Waals surface area contributed by atoms with Gasteiger partial charge >= 0.3 is 11.9 Å². The molecule has 248 valence electrons. The Kier molecular flexibility index (Phi) is 15.4. The van der Waals surface area contributed by atoms with Crippen LogP contribution in [-0.4, -0.2) is 68.5 Å². The van der Waals surface area contributed by atoms with Crippen LogP contribution < -0.4 is 11.1 Å². The quantitative estimate of drug-likeness (QED) is 0.0299. The number of nitrogens with zero attached hydrogens (tertiary/aromatic N) is 3. The Balaban J connectivity index is 1.34. The molecule has 14 heteroatoms. The number of amides is 2. The van der Waals surface area contributed by atoms with Crippen LogP contribution in [0.2, 0.25) is 0 Å². The van der Waals surface area contributed by atoms with E-state index in [-0.39, 0.29) is 22.9 Å². The molecule has 3 heterocycles. The number of anilines is 1. The minimum Gasteiger partial charge on any atom is -0.428 e. The van der Waals surface area contributed by atoms with E-state index in [4.69, 9.17) is 15.2 Å². The fourth-order valence-electron chi connectivity index (χ4n) is 5.18. The first kappa shape index (κ1) is 36.1. The zero-order chi connectivity index (χ0) is 32.6. The lowest BCUT2D eigenvalue weighted by Gasteiger charge is -2.49. The average Bonchev–Trinajstić information content (AvgIpc) is 3.46. The van der Waals surface area contributed by atoms with Crippen LogP contribution in [0.25, 0.3) is 0 Å². The number of hydrogen-bond donors (Lipinski definition) is 3. The zero-order valence-corrected chi connectivity index (χ0v) is 27.6. The summed E-state index contributed by atoms with van der Waals surface area (Å²) in [6.45, 7) is 5.39. The third-order valence-corrected chi connectivity index (χ3v) is 9.67. The molecular formula is C31H45N5O7S2. The molecule has 0 saturated carbocycles. The fraction of sp³-hybridized carbons (Fsp3) is 0.613. The highest BCUT2D eigenvalue weighted by Crippen LogP contribution is 2.41. The van der Waals surface area contributed by atoms with Gasteiger partial charge in [-0.05, 0) is 12.0 Å². The van der Waals surface area contributed by atoms with Gasteiger partial charge in [-0.1, -0.05) is 102 Å². The lowest BCUT2D eigenvalue weighted by atomic mass is 10.0. The summed E-state index contributed by atoms with van der Waals surface area (Å²) in [5.74, 6) is -2.33. The van der Waals surface area contributed by atoms with Crippen molar-refractivity contribution in [2.45, 2.75) is 108 Å². The van der Waals surface area contributed by atoms with Crippen LogP contribution in [-0.2, 0) is 28.7 Å². The van der Waals surface area contributed by atoms with Crippen molar-refractivity contribution in [3.05, 3.63) is 35.0 Å². The number of nitrogen functional groups attached to an aromatic ring is 1. The Hall–Kier alpha value is -3.39. The highest BCUT2D eigenvalue weighted by molar-refractivity contribution is 8.00.